The van der Waals surface area contributed by atoms with Crippen LogP contribution in [0.1, 0.15) is 54.5 Å². The number of amides is 1. The van der Waals surface area contributed by atoms with Gasteiger partial charge in [0.1, 0.15) is 24.0 Å². The lowest BCUT2D eigenvalue weighted by Gasteiger charge is -2.31. The largest absolute Gasteiger partial charge is 0.486 e. The van der Waals surface area contributed by atoms with E-state index < -0.39 is 35.1 Å². The second-order valence-electron chi connectivity index (χ2n) is 8.87. The molecule has 0 spiro atoms. The molecule has 35 heavy (non-hydrogen) atoms. The van der Waals surface area contributed by atoms with Crippen LogP contribution in [0.3, 0.4) is 0 Å². The molecule has 10 heteroatoms. The number of alkyl halides is 3. The minimum Gasteiger partial charge on any atom is -0.486 e. The fourth-order valence-electron chi connectivity index (χ4n) is 3.43. The average molecular weight is 489 g/mol. The molecule has 186 valence electrons. The van der Waals surface area contributed by atoms with Gasteiger partial charge in [-0.15, -0.1) is 0 Å². The lowest BCUT2D eigenvalue weighted by Crippen LogP contribution is -2.50. The summed E-state index contributed by atoms with van der Waals surface area (Å²) in [6.07, 6.45) is -2.39. The zero-order valence-corrected chi connectivity index (χ0v) is 19.7. The highest BCUT2D eigenvalue weighted by atomic mass is 19.4. The second kappa shape index (κ2) is 9.89. The number of fused-ring (bicyclic) bond motifs is 1. The van der Waals surface area contributed by atoms with Gasteiger partial charge in [0.2, 0.25) is 0 Å². The molecule has 0 saturated heterocycles. The van der Waals surface area contributed by atoms with Crippen molar-refractivity contribution in [1.82, 2.24) is 15.3 Å². The highest BCUT2D eigenvalue weighted by molar-refractivity contribution is 6.03. The molecule has 0 fully saturated rings. The summed E-state index contributed by atoms with van der Waals surface area (Å²) in [5, 5.41) is 12.9. The molecule has 1 amide bonds. The van der Waals surface area contributed by atoms with Crippen molar-refractivity contribution in [2.45, 2.75) is 52.9 Å². The summed E-state index contributed by atoms with van der Waals surface area (Å²) < 4.78 is 44.5. The maximum Gasteiger partial charge on any atom is 0.416 e. The van der Waals surface area contributed by atoms with Gasteiger partial charge in [-0.3, -0.25) is 4.79 Å². The van der Waals surface area contributed by atoms with Crippen LogP contribution >= 0.6 is 0 Å². The first kappa shape index (κ1) is 25.9. The fourth-order valence-corrected chi connectivity index (χ4v) is 3.43. The monoisotopic (exact) mass is 489 g/mol. The van der Waals surface area contributed by atoms with Gasteiger partial charge in [-0.05, 0) is 42.5 Å². The smallest absolute Gasteiger partial charge is 0.416 e. The van der Waals surface area contributed by atoms with Crippen LogP contribution in [0.15, 0.2) is 42.6 Å². The number of hydrogen-bond acceptors (Lipinski definition) is 5. The molecular formula is C25H26F3N3O4. The van der Waals surface area contributed by atoms with E-state index in [0.717, 1.165) is 12.1 Å². The summed E-state index contributed by atoms with van der Waals surface area (Å²) in [5.41, 5.74) is -0.673. The molecule has 0 aliphatic rings. The van der Waals surface area contributed by atoms with Crippen LogP contribution in [-0.2, 0) is 17.6 Å². The van der Waals surface area contributed by atoms with Gasteiger partial charge >= 0.3 is 12.1 Å². The van der Waals surface area contributed by atoms with Crippen LogP contribution in [0.5, 0.6) is 5.75 Å². The molecule has 1 unspecified atom stereocenters. The number of carbonyl (C=O) groups is 2. The third-order valence-electron chi connectivity index (χ3n) is 5.95. The summed E-state index contributed by atoms with van der Waals surface area (Å²) in [5.74, 6) is -1.33. The van der Waals surface area contributed by atoms with E-state index in [9.17, 15) is 27.9 Å². The second-order valence-corrected chi connectivity index (χ2v) is 8.87. The Balaban J connectivity index is 1.98. The van der Waals surface area contributed by atoms with Crippen LogP contribution in [0.2, 0.25) is 0 Å². The van der Waals surface area contributed by atoms with Crippen LogP contribution in [0.4, 0.5) is 13.2 Å². The molecule has 1 atom stereocenters. The van der Waals surface area contributed by atoms with E-state index in [1.54, 1.807) is 33.0 Å². The normalized spacial score (nSPS) is 12.9. The van der Waals surface area contributed by atoms with Crippen molar-refractivity contribution in [3.8, 4) is 5.75 Å². The maximum atomic E-state index is 13.2. The van der Waals surface area contributed by atoms with Crippen LogP contribution in [-0.4, -0.2) is 33.0 Å². The van der Waals surface area contributed by atoms with Gasteiger partial charge in [0.15, 0.2) is 5.75 Å². The SMILES string of the molecule is CCC(C)(C)C(NC(=O)c1ccc2cnc(C)nc2c1OCc1ccc(C(F)(F)F)cc1)C(=O)O. The van der Waals surface area contributed by atoms with Crippen molar-refractivity contribution in [3.63, 3.8) is 0 Å². The number of nitrogens with zero attached hydrogens (tertiary/aromatic N) is 2. The first-order valence-electron chi connectivity index (χ1n) is 10.9. The molecule has 0 saturated carbocycles. The van der Waals surface area contributed by atoms with E-state index in [2.05, 4.69) is 15.3 Å². The Labute approximate surface area is 200 Å². The molecule has 3 aromatic rings. The lowest BCUT2D eigenvalue weighted by atomic mass is 9.81. The van der Waals surface area contributed by atoms with Crippen LogP contribution in [0.25, 0.3) is 10.9 Å². The van der Waals surface area contributed by atoms with Crippen molar-refractivity contribution in [1.29, 1.82) is 0 Å². The summed E-state index contributed by atoms with van der Waals surface area (Å²) in [4.78, 5) is 33.6. The quantitative estimate of drug-likeness (QED) is 0.454. The number of carbonyl (C=O) groups excluding carboxylic acids is 1. The number of rotatable bonds is 8. The predicted octanol–water partition coefficient (Wildman–Crippen LogP) is 5.16. The number of ether oxygens (including phenoxy) is 1. The molecule has 1 aromatic heterocycles. The Morgan fingerprint density at radius 1 is 1.11 bits per heavy atom. The number of carboxylic acid groups (broad SMARTS) is 1. The molecule has 1 heterocycles. The first-order chi connectivity index (χ1) is 16.3. The van der Waals surface area contributed by atoms with Crippen molar-refractivity contribution >= 4 is 22.8 Å². The van der Waals surface area contributed by atoms with E-state index >= 15 is 0 Å². The van der Waals surface area contributed by atoms with Crippen molar-refractivity contribution < 1.29 is 32.6 Å². The van der Waals surface area contributed by atoms with Gasteiger partial charge in [-0.25, -0.2) is 14.8 Å². The average Bonchev–Trinajstić information content (AvgIpc) is 2.80. The Bertz CT molecular complexity index is 1240. The third kappa shape index (κ3) is 5.87. The van der Waals surface area contributed by atoms with Crippen LogP contribution < -0.4 is 10.1 Å². The predicted molar refractivity (Wildman–Crippen MR) is 123 cm³/mol. The molecule has 3 rings (SSSR count). The number of aromatic nitrogens is 2. The van der Waals surface area contributed by atoms with E-state index in [4.69, 9.17) is 4.74 Å². The Kier molecular flexibility index (Phi) is 7.33. The highest BCUT2D eigenvalue weighted by Gasteiger charge is 2.36. The topological polar surface area (TPSA) is 101 Å². The van der Waals surface area contributed by atoms with Gasteiger partial charge in [0, 0.05) is 11.6 Å². The molecule has 0 radical (unpaired) electrons. The minimum atomic E-state index is -4.46. The fraction of sp³-hybridized carbons (Fsp3) is 0.360. The zero-order valence-electron chi connectivity index (χ0n) is 19.7. The van der Waals surface area contributed by atoms with E-state index in [1.807, 2.05) is 6.92 Å². The number of aliphatic carboxylic acids is 1. The van der Waals surface area contributed by atoms with Gasteiger partial charge in [0.25, 0.3) is 5.91 Å². The van der Waals surface area contributed by atoms with Gasteiger partial charge < -0.3 is 15.2 Å². The number of nitrogens with one attached hydrogen (secondary N) is 1. The molecule has 7 nitrogen and oxygen atoms in total. The third-order valence-corrected chi connectivity index (χ3v) is 5.95. The molecule has 0 aliphatic heterocycles. The number of aryl methyl sites for hydroxylation is 1. The number of benzene rings is 2. The Hall–Kier alpha value is -3.69. The maximum absolute atomic E-state index is 13.2. The first-order valence-corrected chi connectivity index (χ1v) is 10.9. The molecular weight excluding hydrogens is 463 g/mol. The van der Waals surface area contributed by atoms with Crippen LogP contribution in [0, 0.1) is 12.3 Å². The molecule has 0 aliphatic carbocycles. The molecule has 2 N–H and O–H groups in total. The standard InChI is InChI=1S/C25H26F3N3O4/c1-5-24(3,4)21(23(33)34)31-22(32)18-11-8-16-12-29-14(2)30-19(16)20(18)35-13-15-6-9-17(10-7-15)25(26,27)28/h6-12,21H,5,13H2,1-4H3,(H,31,32)(H,33,34). The van der Waals surface area contributed by atoms with Gasteiger partial charge in [-0.1, -0.05) is 39.0 Å². The summed E-state index contributed by atoms with van der Waals surface area (Å²) in [7, 11) is 0. The van der Waals surface area contributed by atoms with E-state index in [-0.39, 0.29) is 17.9 Å². The van der Waals surface area contributed by atoms with Crippen molar-refractivity contribution in [2.24, 2.45) is 5.41 Å². The highest BCUT2D eigenvalue weighted by Crippen LogP contribution is 2.32. The number of carboxylic acids is 1. The van der Waals surface area contributed by atoms with Gasteiger partial charge in [0.05, 0.1) is 11.1 Å². The summed E-state index contributed by atoms with van der Waals surface area (Å²) >= 11 is 0. The van der Waals surface area contributed by atoms with Gasteiger partial charge in [-0.2, -0.15) is 13.2 Å². The number of halogens is 3. The Morgan fingerprint density at radius 3 is 2.34 bits per heavy atom. The molecule has 0 bridgehead atoms. The zero-order chi connectivity index (χ0) is 26.0. The van der Waals surface area contributed by atoms with E-state index in [0.29, 0.717) is 28.7 Å². The lowest BCUT2D eigenvalue weighted by molar-refractivity contribution is -0.142. The Morgan fingerprint density at radius 2 is 1.77 bits per heavy atom. The number of hydrogen-bond donors (Lipinski definition) is 2. The van der Waals surface area contributed by atoms with Crippen molar-refractivity contribution in [3.05, 3.63) is 65.1 Å². The molecule has 2 aromatic carbocycles. The van der Waals surface area contributed by atoms with Crippen molar-refractivity contribution in [2.75, 3.05) is 0 Å². The summed E-state index contributed by atoms with van der Waals surface area (Å²) in [6, 6.07) is 6.42. The van der Waals surface area contributed by atoms with E-state index in [1.165, 1.54) is 18.2 Å². The summed E-state index contributed by atoms with van der Waals surface area (Å²) in [6.45, 7) is 6.84. The minimum absolute atomic E-state index is 0.0562.